The third kappa shape index (κ3) is 6.41. The molecule has 0 spiro atoms. The van der Waals surface area contributed by atoms with Crippen molar-refractivity contribution in [3.63, 3.8) is 0 Å². The lowest BCUT2D eigenvalue weighted by molar-refractivity contribution is 0.633. The predicted molar refractivity (Wildman–Crippen MR) is 37.7 cm³/mol. The second-order valence-corrected chi connectivity index (χ2v) is 2.79. The first-order valence-corrected chi connectivity index (χ1v) is 3.64. The SMILES string of the molecule is [B-]SCCC(C)C. The first-order valence-electron chi connectivity index (χ1n) is 2.59. The largest absolute Gasteiger partial charge is 0.530 e. The molecule has 2 heteroatoms. The molecule has 3 radical (unpaired) electrons. The van der Waals surface area contributed by atoms with Crippen LogP contribution in [0.25, 0.3) is 0 Å². The molecular formula is C5H11BS-. The quantitative estimate of drug-likeness (QED) is 0.504. The Balaban J connectivity index is 2.68. The van der Waals surface area contributed by atoms with Gasteiger partial charge < -0.3 is 18.7 Å². The minimum Gasteiger partial charge on any atom is -0.530 e. The number of hydrogen-bond acceptors (Lipinski definition) is 1. The molecule has 0 aromatic carbocycles. The van der Waals surface area contributed by atoms with Gasteiger partial charge in [0.1, 0.15) is 0 Å². The average Bonchev–Trinajstić information content (AvgIpc) is 1.61. The van der Waals surface area contributed by atoms with Gasteiger partial charge in [0.2, 0.25) is 0 Å². The molecule has 0 saturated heterocycles. The molecule has 0 heterocycles. The molecule has 41 valence electrons. The molecule has 0 atom stereocenters. The highest BCUT2D eigenvalue weighted by atomic mass is 32.2. The van der Waals surface area contributed by atoms with Gasteiger partial charge in [0.25, 0.3) is 0 Å². The van der Waals surface area contributed by atoms with E-state index in [0.29, 0.717) is 0 Å². The Morgan fingerprint density at radius 3 is 2.29 bits per heavy atom. The topological polar surface area (TPSA) is 0 Å². The molecule has 0 aromatic heterocycles. The fraction of sp³-hybridized carbons (Fsp3) is 1.00. The Kier molecular flexibility index (Phi) is 4.84. The molecular weight excluding hydrogens is 103 g/mol. The van der Waals surface area contributed by atoms with Crippen LogP contribution in [0.5, 0.6) is 0 Å². The molecule has 0 N–H and O–H groups in total. The Morgan fingerprint density at radius 1 is 1.57 bits per heavy atom. The molecule has 0 unspecified atom stereocenters. The van der Waals surface area contributed by atoms with E-state index in [9.17, 15) is 0 Å². The van der Waals surface area contributed by atoms with Crippen LogP contribution in [0.4, 0.5) is 0 Å². The third-order valence-corrected chi connectivity index (χ3v) is 1.28. The van der Waals surface area contributed by atoms with Crippen molar-refractivity contribution >= 4 is 18.7 Å². The molecule has 0 aromatic rings. The van der Waals surface area contributed by atoms with Gasteiger partial charge in [-0.15, -0.1) is 0 Å². The molecule has 0 aliphatic rings. The normalized spacial score (nSPS) is 10.3. The summed E-state index contributed by atoms with van der Waals surface area (Å²) in [4.78, 5) is 0. The maximum absolute atomic E-state index is 5.19. The highest BCUT2D eigenvalue weighted by molar-refractivity contribution is 8.19. The summed E-state index contributed by atoms with van der Waals surface area (Å²) in [5.74, 6) is 1.90. The van der Waals surface area contributed by atoms with Gasteiger partial charge in [0, 0.05) is 0 Å². The van der Waals surface area contributed by atoms with Crippen molar-refractivity contribution in [1.82, 2.24) is 0 Å². The molecule has 0 fully saturated rings. The van der Waals surface area contributed by atoms with Gasteiger partial charge >= 0.3 is 0 Å². The van der Waals surface area contributed by atoms with Crippen LogP contribution in [-0.2, 0) is 0 Å². The van der Waals surface area contributed by atoms with Crippen LogP contribution in [0.3, 0.4) is 0 Å². The van der Waals surface area contributed by atoms with E-state index >= 15 is 0 Å². The van der Waals surface area contributed by atoms with Crippen molar-refractivity contribution in [3.05, 3.63) is 0 Å². The van der Waals surface area contributed by atoms with E-state index in [-0.39, 0.29) is 0 Å². The Labute approximate surface area is 51.4 Å². The fourth-order valence-electron chi connectivity index (χ4n) is 0.304. The lowest BCUT2D eigenvalue weighted by Gasteiger charge is -2.07. The first-order chi connectivity index (χ1) is 3.27. The van der Waals surface area contributed by atoms with Crippen molar-refractivity contribution in [2.75, 3.05) is 5.75 Å². The fourth-order valence-corrected chi connectivity index (χ4v) is 0.911. The van der Waals surface area contributed by atoms with Crippen molar-refractivity contribution in [3.8, 4) is 0 Å². The van der Waals surface area contributed by atoms with Gasteiger partial charge in [-0.2, -0.15) is 0 Å². The molecule has 0 bridgehead atoms. The molecule has 0 nitrogen and oxygen atoms in total. The van der Waals surface area contributed by atoms with Crippen LogP contribution in [0.1, 0.15) is 20.3 Å². The van der Waals surface area contributed by atoms with Gasteiger partial charge in [-0.3, -0.25) is 0 Å². The molecule has 0 rings (SSSR count). The summed E-state index contributed by atoms with van der Waals surface area (Å²) in [5, 5.41) is 0. The molecule has 7 heavy (non-hydrogen) atoms. The standard InChI is InChI=1S/C5H11BS/c1-5(2)3-4-7-6/h5H,3-4H2,1-2H3/q-1. The maximum atomic E-state index is 5.19. The van der Waals surface area contributed by atoms with Crippen LogP contribution < -0.4 is 0 Å². The third-order valence-electron chi connectivity index (χ3n) is 0.813. The van der Waals surface area contributed by atoms with E-state index < -0.39 is 0 Å². The lowest BCUT2D eigenvalue weighted by atomic mass is 10.2. The zero-order valence-electron chi connectivity index (χ0n) is 4.98. The average molecular weight is 114 g/mol. The van der Waals surface area contributed by atoms with Crippen LogP contribution in [0, 0.1) is 5.92 Å². The Hall–Kier alpha value is 0.415. The van der Waals surface area contributed by atoms with Gasteiger partial charge in [-0.1, -0.05) is 19.6 Å². The number of rotatable bonds is 3. The Morgan fingerprint density at radius 2 is 2.14 bits per heavy atom. The smallest absolute Gasteiger partial charge is 0.0454 e. The van der Waals surface area contributed by atoms with Crippen LogP contribution in [0.2, 0.25) is 0 Å². The van der Waals surface area contributed by atoms with E-state index in [2.05, 4.69) is 13.8 Å². The Bertz CT molecular complexity index is 37.1. The lowest BCUT2D eigenvalue weighted by Crippen LogP contribution is -1.87. The summed E-state index contributed by atoms with van der Waals surface area (Å²) in [6.45, 7) is 4.41. The second-order valence-electron chi connectivity index (χ2n) is 2.05. The van der Waals surface area contributed by atoms with E-state index in [1.165, 1.54) is 18.0 Å². The summed E-state index contributed by atoms with van der Waals surface area (Å²) in [5.41, 5.74) is 0. The second kappa shape index (κ2) is 4.57. The van der Waals surface area contributed by atoms with Crippen LogP contribution in [0.15, 0.2) is 0 Å². The maximum Gasteiger partial charge on any atom is -0.0454 e. The predicted octanol–water partition coefficient (Wildman–Crippen LogP) is 1.85. The molecule has 0 amide bonds. The summed E-state index contributed by atoms with van der Waals surface area (Å²) < 4.78 is 0. The summed E-state index contributed by atoms with van der Waals surface area (Å²) >= 11 is 1.43. The van der Waals surface area contributed by atoms with Crippen LogP contribution >= 0.6 is 11.6 Å². The summed E-state index contributed by atoms with van der Waals surface area (Å²) in [6.07, 6.45) is 1.24. The minimum atomic E-state index is 0.802. The molecule has 0 aliphatic heterocycles. The zero-order chi connectivity index (χ0) is 5.70. The van der Waals surface area contributed by atoms with E-state index in [1.807, 2.05) is 0 Å². The monoisotopic (exact) mass is 114 g/mol. The van der Waals surface area contributed by atoms with Crippen molar-refractivity contribution < 1.29 is 0 Å². The van der Waals surface area contributed by atoms with Crippen molar-refractivity contribution in [2.45, 2.75) is 20.3 Å². The summed E-state index contributed by atoms with van der Waals surface area (Å²) in [7, 11) is 5.19. The van der Waals surface area contributed by atoms with Crippen molar-refractivity contribution in [1.29, 1.82) is 0 Å². The van der Waals surface area contributed by atoms with E-state index in [4.69, 9.17) is 7.12 Å². The highest BCUT2D eigenvalue weighted by Crippen LogP contribution is 2.03. The zero-order valence-corrected chi connectivity index (χ0v) is 5.79. The molecule has 0 aliphatic carbocycles. The first kappa shape index (κ1) is 7.41. The van der Waals surface area contributed by atoms with Crippen molar-refractivity contribution in [2.24, 2.45) is 5.92 Å². The number of hydrogen-bond donors (Lipinski definition) is 0. The van der Waals surface area contributed by atoms with E-state index in [1.54, 1.807) is 0 Å². The van der Waals surface area contributed by atoms with Gasteiger partial charge in [-0.25, -0.2) is 0 Å². The van der Waals surface area contributed by atoms with Gasteiger partial charge in [-0.05, 0) is 12.3 Å². The van der Waals surface area contributed by atoms with E-state index in [0.717, 1.165) is 11.7 Å². The summed E-state index contributed by atoms with van der Waals surface area (Å²) in [6, 6.07) is 0. The highest BCUT2D eigenvalue weighted by Gasteiger charge is 1.85. The van der Waals surface area contributed by atoms with Crippen LogP contribution in [-0.4, -0.2) is 12.9 Å². The minimum absolute atomic E-state index is 0.802. The van der Waals surface area contributed by atoms with Gasteiger partial charge in [0.05, 0.1) is 0 Å². The van der Waals surface area contributed by atoms with Gasteiger partial charge in [0.15, 0.2) is 0 Å². The molecule has 0 saturated carbocycles.